The first-order valence-corrected chi connectivity index (χ1v) is 8.97. The summed E-state index contributed by atoms with van der Waals surface area (Å²) in [7, 11) is 0. The van der Waals surface area contributed by atoms with Crippen LogP contribution in [0, 0.1) is 6.92 Å². The number of aryl methyl sites for hydroxylation is 1. The second kappa shape index (κ2) is 7.02. The van der Waals surface area contributed by atoms with E-state index in [1.54, 1.807) is 6.92 Å². The lowest BCUT2D eigenvalue weighted by Crippen LogP contribution is -2.09. The highest BCUT2D eigenvalue weighted by molar-refractivity contribution is 7.99. The molecule has 1 aromatic carbocycles. The van der Waals surface area contributed by atoms with Crippen LogP contribution in [0.15, 0.2) is 46.4 Å². The summed E-state index contributed by atoms with van der Waals surface area (Å²) in [5.41, 5.74) is 1.28. The van der Waals surface area contributed by atoms with Gasteiger partial charge in [-0.2, -0.15) is 0 Å². The molecule has 3 rings (SSSR count). The van der Waals surface area contributed by atoms with E-state index in [0.717, 1.165) is 16.9 Å². The molecule has 0 bridgehead atoms. The van der Waals surface area contributed by atoms with E-state index in [9.17, 15) is 9.59 Å². The molecule has 3 aromatic rings. The molecule has 2 aromatic heterocycles. The molecule has 0 amide bonds. The van der Waals surface area contributed by atoms with Crippen molar-refractivity contribution in [2.24, 2.45) is 0 Å². The zero-order valence-electron chi connectivity index (χ0n) is 12.8. The van der Waals surface area contributed by atoms with Crippen molar-refractivity contribution in [3.63, 3.8) is 0 Å². The van der Waals surface area contributed by atoms with Crippen molar-refractivity contribution >= 4 is 45.4 Å². The molecule has 0 saturated heterocycles. The van der Waals surface area contributed by atoms with Crippen molar-refractivity contribution < 1.29 is 9.90 Å². The molecular weight excluding hydrogens is 344 g/mol. The first-order chi connectivity index (χ1) is 11.6. The first kappa shape index (κ1) is 16.5. The topological polar surface area (TPSA) is 83.0 Å². The number of rotatable bonds is 5. The highest BCUT2D eigenvalue weighted by Crippen LogP contribution is 2.28. The van der Waals surface area contributed by atoms with E-state index >= 15 is 0 Å². The number of carboxylic acid groups (broad SMARTS) is 1. The number of aromatic carboxylic acids is 1. The molecule has 7 heteroatoms. The van der Waals surface area contributed by atoms with Crippen LogP contribution >= 0.6 is 23.1 Å². The number of aromatic nitrogens is 2. The number of fused-ring (bicyclic) bond motifs is 1. The predicted molar refractivity (Wildman–Crippen MR) is 98.1 cm³/mol. The molecule has 0 saturated carbocycles. The number of carboxylic acids is 1. The standard InChI is InChI=1S/C17H14N2O3S2/c1-10-12-14(20)18-17(19-15(12)24-13(10)16(21)22)23-9-5-8-11-6-3-2-4-7-11/h2-8H,9H2,1H3,(H,21,22)(H,18,19,20)/b8-5+. The lowest BCUT2D eigenvalue weighted by atomic mass is 10.2. The maximum atomic E-state index is 12.2. The van der Waals surface area contributed by atoms with Crippen molar-refractivity contribution in [1.29, 1.82) is 0 Å². The normalized spacial score (nSPS) is 11.4. The molecule has 0 aliphatic rings. The quantitative estimate of drug-likeness (QED) is 0.535. The molecule has 5 nitrogen and oxygen atoms in total. The van der Waals surface area contributed by atoms with Gasteiger partial charge in [0.2, 0.25) is 0 Å². The number of carbonyl (C=O) groups is 1. The van der Waals surface area contributed by atoms with E-state index in [-0.39, 0.29) is 10.4 Å². The van der Waals surface area contributed by atoms with Gasteiger partial charge in [-0.1, -0.05) is 54.2 Å². The number of thioether (sulfide) groups is 1. The van der Waals surface area contributed by atoms with Crippen molar-refractivity contribution in [3.05, 3.63) is 62.8 Å². The summed E-state index contributed by atoms with van der Waals surface area (Å²) in [5.74, 6) is -0.380. The molecule has 0 radical (unpaired) electrons. The second-order valence-corrected chi connectivity index (χ2v) is 7.04. The minimum absolute atomic E-state index is 0.161. The summed E-state index contributed by atoms with van der Waals surface area (Å²) in [6.07, 6.45) is 3.99. The number of nitrogens with zero attached hydrogens (tertiary/aromatic N) is 1. The number of nitrogens with one attached hydrogen (secondary N) is 1. The summed E-state index contributed by atoms with van der Waals surface area (Å²) in [6.45, 7) is 1.63. The van der Waals surface area contributed by atoms with Crippen LogP contribution in [-0.2, 0) is 0 Å². The van der Waals surface area contributed by atoms with Gasteiger partial charge < -0.3 is 10.1 Å². The van der Waals surface area contributed by atoms with E-state index < -0.39 is 5.97 Å². The van der Waals surface area contributed by atoms with Crippen LogP contribution in [0.1, 0.15) is 20.8 Å². The number of thiophene rings is 1. The minimum Gasteiger partial charge on any atom is -0.477 e. The van der Waals surface area contributed by atoms with Crippen LogP contribution in [0.2, 0.25) is 0 Å². The molecule has 0 aliphatic carbocycles. The lowest BCUT2D eigenvalue weighted by molar-refractivity contribution is 0.0701. The van der Waals surface area contributed by atoms with Crippen LogP contribution in [0.5, 0.6) is 0 Å². The summed E-state index contributed by atoms with van der Waals surface area (Å²) >= 11 is 2.43. The highest BCUT2D eigenvalue weighted by atomic mass is 32.2. The Hall–Kier alpha value is -2.38. The summed E-state index contributed by atoms with van der Waals surface area (Å²) in [4.78, 5) is 31.1. The van der Waals surface area contributed by atoms with E-state index in [4.69, 9.17) is 5.11 Å². The molecular formula is C17H14N2O3S2. The molecule has 0 fully saturated rings. The molecule has 0 unspecified atom stereocenters. The van der Waals surface area contributed by atoms with E-state index in [1.807, 2.05) is 42.5 Å². The third kappa shape index (κ3) is 3.42. The largest absolute Gasteiger partial charge is 0.477 e. The van der Waals surface area contributed by atoms with Gasteiger partial charge in [0.1, 0.15) is 9.71 Å². The fourth-order valence-electron chi connectivity index (χ4n) is 2.27. The van der Waals surface area contributed by atoms with Gasteiger partial charge >= 0.3 is 5.97 Å². The van der Waals surface area contributed by atoms with E-state index in [0.29, 0.717) is 26.7 Å². The number of H-pyrrole nitrogens is 1. The molecule has 2 N–H and O–H groups in total. The maximum Gasteiger partial charge on any atom is 0.346 e. The number of hydrogen-bond donors (Lipinski definition) is 2. The molecule has 24 heavy (non-hydrogen) atoms. The van der Waals surface area contributed by atoms with Crippen molar-refractivity contribution in [2.45, 2.75) is 12.1 Å². The monoisotopic (exact) mass is 358 g/mol. The fourth-order valence-corrected chi connectivity index (χ4v) is 4.02. The van der Waals surface area contributed by atoms with Crippen LogP contribution < -0.4 is 5.56 Å². The van der Waals surface area contributed by atoms with Gasteiger partial charge in [-0.25, -0.2) is 9.78 Å². The Morgan fingerprint density at radius 3 is 2.83 bits per heavy atom. The van der Waals surface area contributed by atoms with E-state index in [1.165, 1.54) is 11.8 Å². The van der Waals surface area contributed by atoms with Crippen molar-refractivity contribution in [2.75, 3.05) is 5.75 Å². The number of hydrogen-bond acceptors (Lipinski definition) is 5. The zero-order valence-corrected chi connectivity index (χ0v) is 14.4. The van der Waals surface area contributed by atoms with Gasteiger partial charge in [-0.3, -0.25) is 4.79 Å². The van der Waals surface area contributed by atoms with E-state index in [2.05, 4.69) is 9.97 Å². The summed E-state index contributed by atoms with van der Waals surface area (Å²) in [6, 6.07) is 9.92. The van der Waals surface area contributed by atoms with Crippen molar-refractivity contribution in [1.82, 2.24) is 9.97 Å². The lowest BCUT2D eigenvalue weighted by Gasteiger charge is -1.98. The van der Waals surface area contributed by atoms with Crippen LogP contribution in [-0.4, -0.2) is 26.8 Å². The third-order valence-electron chi connectivity index (χ3n) is 3.40. The second-order valence-electron chi connectivity index (χ2n) is 5.04. The van der Waals surface area contributed by atoms with Gasteiger partial charge in [0.15, 0.2) is 5.16 Å². The first-order valence-electron chi connectivity index (χ1n) is 7.17. The van der Waals surface area contributed by atoms with Gasteiger partial charge in [-0.15, -0.1) is 11.3 Å². The molecule has 0 atom stereocenters. The fraction of sp³-hybridized carbons (Fsp3) is 0.118. The van der Waals surface area contributed by atoms with Crippen LogP contribution in [0.3, 0.4) is 0 Å². The molecule has 122 valence electrons. The number of aromatic amines is 1. The molecule has 2 heterocycles. The molecule has 0 spiro atoms. The highest BCUT2D eigenvalue weighted by Gasteiger charge is 2.18. The Morgan fingerprint density at radius 1 is 1.38 bits per heavy atom. The predicted octanol–water partition coefficient (Wildman–Crippen LogP) is 3.80. The smallest absolute Gasteiger partial charge is 0.346 e. The average molecular weight is 358 g/mol. The third-order valence-corrected chi connectivity index (χ3v) is 5.40. The summed E-state index contributed by atoms with van der Waals surface area (Å²) < 4.78 is 0. The van der Waals surface area contributed by atoms with Gasteiger partial charge in [-0.05, 0) is 18.1 Å². The Balaban J connectivity index is 1.80. The van der Waals surface area contributed by atoms with Gasteiger partial charge in [0, 0.05) is 5.75 Å². The Labute approximate surface area is 146 Å². The number of benzene rings is 1. The average Bonchev–Trinajstić information content (AvgIpc) is 2.90. The van der Waals surface area contributed by atoms with Crippen molar-refractivity contribution in [3.8, 4) is 0 Å². The summed E-state index contributed by atoms with van der Waals surface area (Å²) in [5, 5.41) is 10.0. The van der Waals surface area contributed by atoms with Gasteiger partial charge in [0.25, 0.3) is 5.56 Å². The maximum absolute atomic E-state index is 12.2. The van der Waals surface area contributed by atoms with Crippen LogP contribution in [0.25, 0.3) is 16.3 Å². The van der Waals surface area contributed by atoms with Gasteiger partial charge in [0.05, 0.1) is 5.39 Å². The molecule has 0 aliphatic heterocycles. The minimum atomic E-state index is -1.03. The van der Waals surface area contributed by atoms with Crippen LogP contribution in [0.4, 0.5) is 0 Å². The Bertz CT molecular complexity index is 975. The zero-order chi connectivity index (χ0) is 17.1. The Morgan fingerprint density at radius 2 is 2.12 bits per heavy atom. The SMILES string of the molecule is Cc1c(C(=O)O)sc2nc(SC/C=C/c3ccccc3)[nH]c(=O)c12. The Kier molecular flexibility index (Phi) is 4.82.